The number of nitrogens with zero attached hydrogens (tertiary/aromatic N) is 1. The van der Waals surface area contributed by atoms with Gasteiger partial charge < -0.3 is 25.0 Å². The van der Waals surface area contributed by atoms with Crippen LogP contribution in [0.3, 0.4) is 0 Å². The Balaban J connectivity index is 1.64. The highest BCUT2D eigenvalue weighted by Crippen LogP contribution is 2.31. The van der Waals surface area contributed by atoms with Crippen LogP contribution >= 0.6 is 0 Å². The first-order valence-electron chi connectivity index (χ1n) is 12.3. The van der Waals surface area contributed by atoms with E-state index in [0.29, 0.717) is 28.3 Å². The lowest BCUT2D eigenvalue weighted by molar-refractivity contribution is 0.0939. The Morgan fingerprint density at radius 3 is 2.14 bits per heavy atom. The SMILES string of the molecule is COc1cccc(OC)c1C(=O)Nc1ccc(N2CCCCC2)c(C(=O)NC(C)c2ccccc2)c1. The molecule has 1 heterocycles. The second-order valence-corrected chi connectivity index (χ2v) is 8.88. The molecule has 3 aromatic rings. The van der Waals surface area contributed by atoms with Crippen molar-refractivity contribution in [2.45, 2.75) is 32.2 Å². The molecule has 1 unspecified atom stereocenters. The van der Waals surface area contributed by atoms with Crippen molar-refractivity contribution in [2.75, 3.05) is 37.5 Å². The number of carbonyl (C=O) groups is 2. The predicted octanol–water partition coefficient (Wildman–Crippen LogP) is 5.44. The van der Waals surface area contributed by atoms with E-state index in [-0.39, 0.29) is 17.9 Å². The molecule has 1 aliphatic heterocycles. The number of benzene rings is 3. The van der Waals surface area contributed by atoms with Gasteiger partial charge in [-0.3, -0.25) is 9.59 Å². The van der Waals surface area contributed by atoms with Gasteiger partial charge >= 0.3 is 0 Å². The van der Waals surface area contributed by atoms with Gasteiger partial charge in [0, 0.05) is 24.5 Å². The monoisotopic (exact) mass is 487 g/mol. The molecular formula is C29H33N3O4. The van der Waals surface area contributed by atoms with Crippen LogP contribution in [0.4, 0.5) is 11.4 Å². The van der Waals surface area contributed by atoms with Crippen LogP contribution in [0.2, 0.25) is 0 Å². The van der Waals surface area contributed by atoms with E-state index in [0.717, 1.165) is 37.2 Å². The summed E-state index contributed by atoms with van der Waals surface area (Å²) in [4.78, 5) is 29.0. The predicted molar refractivity (Wildman–Crippen MR) is 142 cm³/mol. The summed E-state index contributed by atoms with van der Waals surface area (Å²) in [5, 5.41) is 6.04. The van der Waals surface area contributed by atoms with Gasteiger partial charge in [0.05, 0.1) is 25.8 Å². The molecular weight excluding hydrogens is 454 g/mol. The standard InChI is InChI=1S/C29H33N3O4/c1-20(21-11-6-4-7-12-21)30-28(33)23-19-22(15-16-24(23)32-17-8-5-9-18-32)31-29(34)27-25(35-2)13-10-14-26(27)36-3/h4,6-7,10-16,19-20H,5,8-9,17-18H2,1-3H3,(H,30,33)(H,31,34). The first-order valence-corrected chi connectivity index (χ1v) is 12.3. The number of piperidine rings is 1. The van der Waals surface area contributed by atoms with Crippen molar-refractivity contribution in [1.29, 1.82) is 0 Å². The molecule has 1 fully saturated rings. The molecule has 1 aliphatic rings. The fourth-order valence-corrected chi connectivity index (χ4v) is 4.57. The van der Waals surface area contributed by atoms with Gasteiger partial charge in [-0.25, -0.2) is 0 Å². The second-order valence-electron chi connectivity index (χ2n) is 8.88. The average Bonchev–Trinajstić information content (AvgIpc) is 2.93. The summed E-state index contributed by atoms with van der Waals surface area (Å²) >= 11 is 0. The van der Waals surface area contributed by atoms with E-state index in [1.54, 1.807) is 24.3 Å². The Kier molecular flexibility index (Phi) is 8.10. The van der Waals surface area contributed by atoms with Crippen LogP contribution in [0.1, 0.15) is 58.5 Å². The maximum atomic E-state index is 13.5. The third-order valence-corrected chi connectivity index (χ3v) is 6.50. The molecule has 36 heavy (non-hydrogen) atoms. The Bertz CT molecular complexity index is 1180. The first kappa shape index (κ1) is 25.1. The molecule has 1 atom stereocenters. The highest BCUT2D eigenvalue weighted by atomic mass is 16.5. The highest BCUT2D eigenvalue weighted by molar-refractivity contribution is 6.09. The van der Waals surface area contributed by atoms with Gasteiger partial charge in [0.2, 0.25) is 0 Å². The normalized spacial score (nSPS) is 14.0. The molecule has 0 aliphatic carbocycles. The third kappa shape index (κ3) is 5.62. The van der Waals surface area contributed by atoms with Crippen LogP contribution < -0.4 is 25.0 Å². The van der Waals surface area contributed by atoms with Crippen LogP contribution in [0.25, 0.3) is 0 Å². The van der Waals surface area contributed by atoms with E-state index in [9.17, 15) is 9.59 Å². The van der Waals surface area contributed by atoms with Gasteiger partial charge in [-0.2, -0.15) is 0 Å². The molecule has 7 heteroatoms. The van der Waals surface area contributed by atoms with Crippen molar-refractivity contribution < 1.29 is 19.1 Å². The van der Waals surface area contributed by atoms with Gasteiger partial charge in [-0.1, -0.05) is 36.4 Å². The van der Waals surface area contributed by atoms with E-state index in [1.165, 1.54) is 20.6 Å². The summed E-state index contributed by atoms with van der Waals surface area (Å²) in [7, 11) is 3.02. The maximum absolute atomic E-state index is 13.5. The fourth-order valence-electron chi connectivity index (χ4n) is 4.57. The van der Waals surface area contributed by atoms with E-state index in [2.05, 4.69) is 15.5 Å². The first-order chi connectivity index (χ1) is 17.5. The summed E-state index contributed by atoms with van der Waals surface area (Å²) in [5.41, 5.74) is 3.25. The lowest BCUT2D eigenvalue weighted by atomic mass is 10.0. The smallest absolute Gasteiger partial charge is 0.263 e. The van der Waals surface area contributed by atoms with Gasteiger partial charge in [-0.05, 0) is 62.1 Å². The van der Waals surface area contributed by atoms with Crippen molar-refractivity contribution >= 4 is 23.2 Å². The number of nitrogens with one attached hydrogen (secondary N) is 2. The zero-order chi connectivity index (χ0) is 25.5. The van der Waals surface area contributed by atoms with Crippen LogP contribution in [0.5, 0.6) is 11.5 Å². The van der Waals surface area contributed by atoms with Crippen molar-refractivity contribution in [1.82, 2.24) is 5.32 Å². The molecule has 0 bridgehead atoms. The fraction of sp³-hybridized carbons (Fsp3) is 0.310. The number of anilines is 2. The average molecular weight is 488 g/mol. The molecule has 4 rings (SSSR count). The Labute approximate surface area is 212 Å². The van der Waals surface area contributed by atoms with Crippen LogP contribution in [-0.2, 0) is 0 Å². The third-order valence-electron chi connectivity index (χ3n) is 6.50. The maximum Gasteiger partial charge on any atom is 0.263 e. The summed E-state index contributed by atoms with van der Waals surface area (Å²) in [6.07, 6.45) is 3.37. The van der Waals surface area contributed by atoms with Crippen LogP contribution in [0.15, 0.2) is 66.7 Å². The lowest BCUT2D eigenvalue weighted by Gasteiger charge is -2.31. The van der Waals surface area contributed by atoms with E-state index < -0.39 is 0 Å². The summed E-state index contributed by atoms with van der Waals surface area (Å²) in [6.45, 7) is 3.77. The summed E-state index contributed by atoms with van der Waals surface area (Å²) < 4.78 is 10.8. The van der Waals surface area contributed by atoms with E-state index in [4.69, 9.17) is 9.47 Å². The molecule has 0 saturated carbocycles. The topological polar surface area (TPSA) is 79.9 Å². The second kappa shape index (κ2) is 11.6. The number of ether oxygens (including phenoxy) is 2. The highest BCUT2D eigenvalue weighted by Gasteiger charge is 2.23. The molecule has 7 nitrogen and oxygen atoms in total. The van der Waals surface area contributed by atoms with Crippen molar-refractivity contribution in [3.63, 3.8) is 0 Å². The van der Waals surface area contributed by atoms with Gasteiger partial charge in [0.15, 0.2) is 0 Å². The molecule has 3 aromatic carbocycles. The molecule has 0 radical (unpaired) electrons. The van der Waals surface area contributed by atoms with E-state index >= 15 is 0 Å². The van der Waals surface area contributed by atoms with Gasteiger partial charge in [-0.15, -0.1) is 0 Å². The minimum atomic E-state index is -0.376. The van der Waals surface area contributed by atoms with Crippen LogP contribution in [-0.4, -0.2) is 39.1 Å². The number of amides is 2. The lowest BCUT2D eigenvalue weighted by Crippen LogP contribution is -2.33. The molecule has 188 valence electrons. The number of hydrogen-bond acceptors (Lipinski definition) is 5. The van der Waals surface area contributed by atoms with E-state index in [1.807, 2.05) is 49.4 Å². The molecule has 0 spiro atoms. The zero-order valence-corrected chi connectivity index (χ0v) is 21.0. The van der Waals surface area contributed by atoms with Crippen LogP contribution in [0, 0.1) is 0 Å². The van der Waals surface area contributed by atoms with Gasteiger partial charge in [0.25, 0.3) is 11.8 Å². The molecule has 2 N–H and O–H groups in total. The molecule has 0 aromatic heterocycles. The van der Waals surface area contributed by atoms with Crippen molar-refractivity contribution in [3.05, 3.63) is 83.4 Å². The minimum absolute atomic E-state index is 0.163. The number of rotatable bonds is 8. The number of carbonyl (C=O) groups excluding carboxylic acids is 2. The zero-order valence-electron chi connectivity index (χ0n) is 21.0. The molecule has 2 amide bonds. The number of methoxy groups -OCH3 is 2. The Morgan fingerprint density at radius 2 is 1.50 bits per heavy atom. The summed E-state index contributed by atoms with van der Waals surface area (Å²) in [6, 6.07) is 20.4. The Hall–Kier alpha value is -4.00. The Morgan fingerprint density at radius 1 is 0.833 bits per heavy atom. The quantitative estimate of drug-likeness (QED) is 0.442. The van der Waals surface area contributed by atoms with Crippen molar-refractivity contribution in [3.8, 4) is 11.5 Å². The van der Waals surface area contributed by atoms with Crippen molar-refractivity contribution in [2.24, 2.45) is 0 Å². The van der Waals surface area contributed by atoms with Gasteiger partial charge in [0.1, 0.15) is 17.1 Å². The summed E-state index contributed by atoms with van der Waals surface area (Å²) in [5.74, 6) is 0.259. The number of hydrogen-bond donors (Lipinski definition) is 2. The minimum Gasteiger partial charge on any atom is -0.496 e. The molecule has 1 saturated heterocycles. The largest absolute Gasteiger partial charge is 0.496 e.